The minimum absolute atomic E-state index is 0.822. The Labute approximate surface area is 103 Å². The molecule has 0 fully saturated rings. The van der Waals surface area contributed by atoms with Crippen LogP contribution in [0.4, 0.5) is 0 Å². The largest absolute Gasteiger partial charge is 0.0854 e. The number of rotatable bonds is 6. The summed E-state index contributed by atoms with van der Waals surface area (Å²) in [5.41, 5.74) is 0. The third kappa shape index (κ3) is 4.72. The van der Waals surface area contributed by atoms with Gasteiger partial charge in [0, 0.05) is 0 Å². The molecule has 0 heterocycles. The van der Waals surface area contributed by atoms with E-state index in [4.69, 9.17) is 0 Å². The zero-order valence-corrected chi connectivity index (χ0v) is 11.7. The van der Waals surface area contributed by atoms with Crippen molar-refractivity contribution in [1.82, 2.24) is 0 Å². The normalized spacial score (nSPS) is 29.0. The Morgan fingerprint density at radius 2 is 1.81 bits per heavy atom. The molecular weight excluding hydrogens is 192 g/mol. The molecule has 0 nitrogen and oxygen atoms in total. The van der Waals surface area contributed by atoms with Crippen LogP contribution in [0, 0.1) is 23.7 Å². The highest BCUT2D eigenvalue weighted by atomic mass is 14.2. The molecule has 4 unspecified atom stereocenters. The van der Waals surface area contributed by atoms with Gasteiger partial charge in [-0.1, -0.05) is 59.1 Å². The predicted molar refractivity (Wildman–Crippen MR) is 73.5 cm³/mol. The Morgan fingerprint density at radius 1 is 1.06 bits per heavy atom. The first kappa shape index (κ1) is 13.8. The summed E-state index contributed by atoms with van der Waals surface area (Å²) in [5.74, 6) is 3.51. The van der Waals surface area contributed by atoms with Gasteiger partial charge in [-0.25, -0.2) is 0 Å². The third-order valence-corrected chi connectivity index (χ3v) is 4.27. The fourth-order valence-electron chi connectivity index (χ4n) is 2.85. The van der Waals surface area contributed by atoms with Crippen LogP contribution in [0.2, 0.25) is 0 Å². The van der Waals surface area contributed by atoms with Gasteiger partial charge in [-0.15, -0.1) is 0 Å². The molecule has 94 valence electrons. The van der Waals surface area contributed by atoms with Gasteiger partial charge in [-0.05, 0) is 42.9 Å². The Morgan fingerprint density at radius 3 is 2.38 bits per heavy atom. The minimum atomic E-state index is 0.822. The molecule has 0 bridgehead atoms. The molecule has 4 atom stereocenters. The van der Waals surface area contributed by atoms with E-state index in [0.717, 1.165) is 23.7 Å². The van der Waals surface area contributed by atoms with Gasteiger partial charge in [0.25, 0.3) is 0 Å². The topological polar surface area (TPSA) is 0 Å². The highest BCUT2D eigenvalue weighted by Crippen LogP contribution is 2.31. The summed E-state index contributed by atoms with van der Waals surface area (Å²) in [6.45, 7) is 9.49. The fourth-order valence-corrected chi connectivity index (χ4v) is 2.85. The van der Waals surface area contributed by atoms with Crippen molar-refractivity contribution in [2.45, 2.75) is 66.2 Å². The summed E-state index contributed by atoms with van der Waals surface area (Å²) < 4.78 is 0. The Bertz CT molecular complexity index is 204. The van der Waals surface area contributed by atoms with Crippen LogP contribution in [0.3, 0.4) is 0 Å². The second kappa shape index (κ2) is 7.14. The Balaban J connectivity index is 2.24. The first-order chi connectivity index (χ1) is 7.63. The van der Waals surface area contributed by atoms with Crippen molar-refractivity contribution in [3.05, 3.63) is 12.2 Å². The molecule has 0 spiro atoms. The lowest BCUT2D eigenvalue weighted by Crippen LogP contribution is -2.15. The van der Waals surface area contributed by atoms with Crippen molar-refractivity contribution in [2.75, 3.05) is 0 Å². The molecule has 1 aliphatic rings. The lowest BCUT2D eigenvalue weighted by molar-refractivity contribution is 0.314. The molecule has 0 amide bonds. The number of hydrogen-bond acceptors (Lipinski definition) is 0. The summed E-state index contributed by atoms with van der Waals surface area (Å²) in [6.07, 6.45) is 13.3. The molecule has 0 aromatic rings. The second-order valence-electron chi connectivity index (χ2n) is 6.05. The van der Waals surface area contributed by atoms with Crippen molar-refractivity contribution in [2.24, 2.45) is 23.7 Å². The van der Waals surface area contributed by atoms with Crippen LogP contribution < -0.4 is 0 Å². The Hall–Kier alpha value is -0.260. The van der Waals surface area contributed by atoms with Crippen molar-refractivity contribution in [3.63, 3.8) is 0 Å². The van der Waals surface area contributed by atoms with E-state index in [0.29, 0.717) is 0 Å². The van der Waals surface area contributed by atoms with E-state index in [1.54, 1.807) is 0 Å². The van der Waals surface area contributed by atoms with Crippen LogP contribution in [0.15, 0.2) is 12.2 Å². The van der Waals surface area contributed by atoms with Crippen LogP contribution in [0.5, 0.6) is 0 Å². The van der Waals surface area contributed by atoms with E-state index >= 15 is 0 Å². The lowest BCUT2D eigenvalue weighted by Gasteiger charge is -2.26. The van der Waals surface area contributed by atoms with E-state index in [2.05, 4.69) is 39.8 Å². The molecule has 0 N–H and O–H groups in total. The zero-order chi connectivity index (χ0) is 12.0. The smallest absolute Gasteiger partial charge is 0.0207 e. The summed E-state index contributed by atoms with van der Waals surface area (Å²) in [5, 5.41) is 0. The van der Waals surface area contributed by atoms with Gasteiger partial charge in [0.05, 0.1) is 0 Å². The molecule has 16 heavy (non-hydrogen) atoms. The Kier molecular flexibility index (Phi) is 6.16. The van der Waals surface area contributed by atoms with Crippen LogP contribution in [-0.2, 0) is 0 Å². The van der Waals surface area contributed by atoms with Crippen LogP contribution in [0.1, 0.15) is 66.2 Å². The monoisotopic (exact) mass is 222 g/mol. The van der Waals surface area contributed by atoms with E-state index in [-0.39, 0.29) is 0 Å². The lowest BCUT2D eigenvalue weighted by atomic mass is 9.79. The molecule has 0 aromatic heterocycles. The summed E-state index contributed by atoms with van der Waals surface area (Å²) in [4.78, 5) is 0. The van der Waals surface area contributed by atoms with Crippen LogP contribution in [-0.4, -0.2) is 0 Å². The van der Waals surface area contributed by atoms with Gasteiger partial charge in [0.2, 0.25) is 0 Å². The SMILES string of the molecule is CCCC(C)CCC(C)C1C=CC(C)CC1. The molecule has 0 saturated carbocycles. The van der Waals surface area contributed by atoms with Crippen molar-refractivity contribution in [1.29, 1.82) is 0 Å². The molecule has 0 aliphatic heterocycles. The molecule has 0 saturated heterocycles. The first-order valence-electron chi connectivity index (χ1n) is 7.31. The van der Waals surface area contributed by atoms with Gasteiger partial charge in [0.1, 0.15) is 0 Å². The number of hydrogen-bond donors (Lipinski definition) is 0. The molecular formula is C16H30. The molecule has 1 aliphatic carbocycles. The standard InChI is InChI=1S/C16H30/c1-5-6-13(2)7-10-15(4)16-11-8-14(3)9-12-16/h8,11,13-16H,5-7,9-10,12H2,1-4H3. The highest BCUT2D eigenvalue weighted by Gasteiger charge is 2.19. The van der Waals surface area contributed by atoms with E-state index < -0.39 is 0 Å². The van der Waals surface area contributed by atoms with Gasteiger partial charge in [-0.3, -0.25) is 0 Å². The third-order valence-electron chi connectivity index (χ3n) is 4.27. The maximum Gasteiger partial charge on any atom is -0.0207 e. The molecule has 0 heteroatoms. The van der Waals surface area contributed by atoms with Crippen LogP contribution in [0.25, 0.3) is 0 Å². The van der Waals surface area contributed by atoms with E-state index in [9.17, 15) is 0 Å². The summed E-state index contributed by atoms with van der Waals surface area (Å²) in [7, 11) is 0. The van der Waals surface area contributed by atoms with Gasteiger partial charge < -0.3 is 0 Å². The average molecular weight is 222 g/mol. The highest BCUT2D eigenvalue weighted by molar-refractivity contribution is 4.98. The van der Waals surface area contributed by atoms with E-state index in [1.807, 2.05) is 0 Å². The maximum absolute atomic E-state index is 2.49. The second-order valence-corrected chi connectivity index (χ2v) is 6.05. The minimum Gasteiger partial charge on any atom is -0.0854 e. The summed E-state index contributed by atoms with van der Waals surface area (Å²) in [6, 6.07) is 0. The molecule has 1 rings (SSSR count). The van der Waals surface area contributed by atoms with Gasteiger partial charge in [0.15, 0.2) is 0 Å². The summed E-state index contributed by atoms with van der Waals surface area (Å²) >= 11 is 0. The van der Waals surface area contributed by atoms with Gasteiger partial charge >= 0.3 is 0 Å². The van der Waals surface area contributed by atoms with Crippen LogP contribution >= 0.6 is 0 Å². The fraction of sp³-hybridized carbons (Fsp3) is 0.875. The quantitative estimate of drug-likeness (QED) is 0.525. The van der Waals surface area contributed by atoms with Crippen molar-refractivity contribution in [3.8, 4) is 0 Å². The van der Waals surface area contributed by atoms with Crippen molar-refractivity contribution >= 4 is 0 Å². The van der Waals surface area contributed by atoms with E-state index in [1.165, 1.54) is 38.5 Å². The first-order valence-corrected chi connectivity index (χ1v) is 7.31. The maximum atomic E-state index is 2.49. The number of allylic oxidation sites excluding steroid dienone is 2. The molecule has 0 radical (unpaired) electrons. The average Bonchev–Trinajstić information content (AvgIpc) is 2.27. The predicted octanol–water partition coefficient (Wildman–Crippen LogP) is 5.44. The van der Waals surface area contributed by atoms with Crippen molar-refractivity contribution < 1.29 is 0 Å². The van der Waals surface area contributed by atoms with Gasteiger partial charge in [-0.2, -0.15) is 0 Å². The zero-order valence-electron chi connectivity index (χ0n) is 11.7. The molecule has 0 aromatic carbocycles.